The lowest BCUT2D eigenvalue weighted by Crippen LogP contribution is -2.35. The van der Waals surface area contributed by atoms with Crippen molar-refractivity contribution in [3.05, 3.63) is 48.0 Å². The van der Waals surface area contributed by atoms with E-state index < -0.39 is 12.0 Å². The predicted octanol–water partition coefficient (Wildman–Crippen LogP) is 3.79. The lowest BCUT2D eigenvalue weighted by Gasteiger charge is -2.26. The van der Waals surface area contributed by atoms with Gasteiger partial charge in [-0.2, -0.15) is 13.2 Å². The Balaban J connectivity index is 1.75. The Hall–Kier alpha value is -2.44. The number of carbonyl (C=O) groups is 1. The van der Waals surface area contributed by atoms with E-state index in [-0.39, 0.29) is 5.91 Å². The predicted molar refractivity (Wildman–Crippen MR) is 82.2 cm³/mol. The van der Waals surface area contributed by atoms with Crippen molar-refractivity contribution in [1.29, 1.82) is 0 Å². The van der Waals surface area contributed by atoms with Crippen LogP contribution in [0, 0.1) is 0 Å². The molecule has 0 saturated carbocycles. The van der Waals surface area contributed by atoms with E-state index in [1.54, 1.807) is 24.3 Å². The first kappa shape index (κ1) is 16.4. The van der Waals surface area contributed by atoms with E-state index in [0.29, 0.717) is 16.7 Å². The Labute approximate surface area is 137 Å². The molecule has 0 aliphatic carbocycles. The van der Waals surface area contributed by atoms with Gasteiger partial charge in [-0.1, -0.05) is 12.1 Å². The first-order chi connectivity index (χ1) is 11.4. The third-order valence-corrected chi connectivity index (χ3v) is 4.01. The van der Waals surface area contributed by atoms with Crippen LogP contribution in [0.25, 0.3) is 11.1 Å². The minimum absolute atomic E-state index is 0.00933. The molecule has 1 aromatic heterocycles. The monoisotopic (exact) mass is 335 g/mol. The van der Waals surface area contributed by atoms with Crippen molar-refractivity contribution in [2.24, 2.45) is 0 Å². The number of aromatic nitrogens is 2. The minimum Gasteiger partial charge on any atom is -0.339 e. The van der Waals surface area contributed by atoms with Crippen LogP contribution in [-0.2, 0) is 6.18 Å². The fourth-order valence-electron chi connectivity index (χ4n) is 2.71. The van der Waals surface area contributed by atoms with Gasteiger partial charge in [0.05, 0.1) is 0 Å². The van der Waals surface area contributed by atoms with Gasteiger partial charge in [0.15, 0.2) is 0 Å². The Bertz CT molecular complexity index is 705. The summed E-state index contributed by atoms with van der Waals surface area (Å²) in [4.78, 5) is 20.9. The average molecular weight is 335 g/mol. The molecule has 1 aliphatic heterocycles. The lowest BCUT2D eigenvalue weighted by atomic mass is 10.0. The van der Waals surface area contributed by atoms with Gasteiger partial charge < -0.3 is 4.90 Å². The van der Waals surface area contributed by atoms with Crippen molar-refractivity contribution in [2.75, 3.05) is 13.1 Å². The maximum absolute atomic E-state index is 12.5. The highest BCUT2D eigenvalue weighted by atomic mass is 19.4. The standard InChI is InChI=1S/C17H16F3N3O/c18-17(19,20)16-21-10-14(11-22-16)12-4-6-13(7-5-12)15(24)23-8-2-1-3-9-23/h4-7,10-11H,1-3,8-9H2. The van der Waals surface area contributed by atoms with Gasteiger partial charge in [0, 0.05) is 36.6 Å². The van der Waals surface area contributed by atoms with Crippen LogP contribution in [0.4, 0.5) is 13.2 Å². The number of rotatable bonds is 2. The van der Waals surface area contributed by atoms with Crippen molar-refractivity contribution in [3.8, 4) is 11.1 Å². The first-order valence-corrected chi connectivity index (χ1v) is 7.74. The number of halogens is 3. The summed E-state index contributed by atoms with van der Waals surface area (Å²) in [6.45, 7) is 1.54. The molecule has 2 heterocycles. The van der Waals surface area contributed by atoms with Gasteiger partial charge in [-0.3, -0.25) is 4.79 Å². The zero-order chi connectivity index (χ0) is 17.2. The number of benzene rings is 1. The van der Waals surface area contributed by atoms with E-state index in [2.05, 4.69) is 9.97 Å². The second-order valence-corrected chi connectivity index (χ2v) is 5.72. The van der Waals surface area contributed by atoms with Crippen LogP contribution in [0.1, 0.15) is 35.4 Å². The molecule has 7 heteroatoms. The molecule has 3 rings (SSSR count). The van der Waals surface area contributed by atoms with Crippen LogP contribution < -0.4 is 0 Å². The van der Waals surface area contributed by atoms with E-state index in [4.69, 9.17) is 0 Å². The summed E-state index contributed by atoms with van der Waals surface area (Å²) in [6.07, 6.45) is 0.911. The van der Waals surface area contributed by atoms with Crippen molar-refractivity contribution < 1.29 is 18.0 Å². The van der Waals surface area contributed by atoms with Crippen LogP contribution in [0.5, 0.6) is 0 Å². The second kappa shape index (κ2) is 6.59. The molecule has 1 aromatic carbocycles. The maximum Gasteiger partial charge on any atom is 0.451 e. The Morgan fingerprint density at radius 2 is 1.50 bits per heavy atom. The molecule has 0 radical (unpaired) electrons. The molecule has 1 amide bonds. The topological polar surface area (TPSA) is 46.1 Å². The number of nitrogens with zero attached hydrogens (tertiary/aromatic N) is 3. The quantitative estimate of drug-likeness (QED) is 0.839. The molecule has 126 valence electrons. The van der Waals surface area contributed by atoms with E-state index in [0.717, 1.165) is 44.7 Å². The molecule has 2 aromatic rings. The summed E-state index contributed by atoms with van der Waals surface area (Å²) in [5.74, 6) is -1.17. The summed E-state index contributed by atoms with van der Waals surface area (Å²) < 4.78 is 37.4. The lowest BCUT2D eigenvalue weighted by molar-refractivity contribution is -0.144. The van der Waals surface area contributed by atoms with Gasteiger partial charge in [-0.05, 0) is 37.0 Å². The van der Waals surface area contributed by atoms with Gasteiger partial charge in [0.25, 0.3) is 5.91 Å². The van der Waals surface area contributed by atoms with Crippen LogP contribution >= 0.6 is 0 Å². The van der Waals surface area contributed by atoms with Gasteiger partial charge in [-0.25, -0.2) is 9.97 Å². The highest BCUT2D eigenvalue weighted by molar-refractivity contribution is 5.94. The molecular weight excluding hydrogens is 319 g/mol. The number of likely N-dealkylation sites (tertiary alicyclic amines) is 1. The van der Waals surface area contributed by atoms with Crippen molar-refractivity contribution in [2.45, 2.75) is 25.4 Å². The summed E-state index contributed by atoms with van der Waals surface area (Å²) in [7, 11) is 0. The summed E-state index contributed by atoms with van der Waals surface area (Å²) >= 11 is 0. The molecule has 0 bridgehead atoms. The number of alkyl halides is 3. The van der Waals surface area contributed by atoms with E-state index >= 15 is 0 Å². The van der Waals surface area contributed by atoms with Crippen LogP contribution in [0.2, 0.25) is 0 Å². The Morgan fingerprint density at radius 3 is 2.04 bits per heavy atom. The van der Waals surface area contributed by atoms with Crippen LogP contribution in [0.3, 0.4) is 0 Å². The minimum atomic E-state index is -4.55. The molecule has 1 saturated heterocycles. The van der Waals surface area contributed by atoms with Crippen molar-refractivity contribution in [3.63, 3.8) is 0 Å². The summed E-state index contributed by atoms with van der Waals surface area (Å²) in [5, 5.41) is 0. The number of hydrogen-bond donors (Lipinski definition) is 0. The first-order valence-electron chi connectivity index (χ1n) is 7.74. The fraction of sp³-hybridized carbons (Fsp3) is 0.353. The van der Waals surface area contributed by atoms with E-state index in [9.17, 15) is 18.0 Å². The average Bonchev–Trinajstić information content (AvgIpc) is 2.61. The van der Waals surface area contributed by atoms with Gasteiger partial charge in [0.1, 0.15) is 0 Å². The Kier molecular flexibility index (Phi) is 4.51. The molecular formula is C17H16F3N3O. The smallest absolute Gasteiger partial charge is 0.339 e. The zero-order valence-electron chi connectivity index (χ0n) is 12.9. The molecule has 1 fully saturated rings. The molecule has 4 nitrogen and oxygen atoms in total. The zero-order valence-corrected chi connectivity index (χ0v) is 12.9. The molecule has 0 N–H and O–H groups in total. The van der Waals surface area contributed by atoms with Gasteiger partial charge in [-0.15, -0.1) is 0 Å². The number of piperidine rings is 1. The largest absolute Gasteiger partial charge is 0.451 e. The molecule has 24 heavy (non-hydrogen) atoms. The maximum atomic E-state index is 12.5. The molecule has 0 spiro atoms. The van der Waals surface area contributed by atoms with E-state index in [1.807, 2.05) is 4.90 Å². The van der Waals surface area contributed by atoms with Crippen LogP contribution in [-0.4, -0.2) is 33.9 Å². The van der Waals surface area contributed by atoms with Crippen molar-refractivity contribution in [1.82, 2.24) is 14.9 Å². The van der Waals surface area contributed by atoms with E-state index in [1.165, 1.54) is 0 Å². The van der Waals surface area contributed by atoms with Gasteiger partial charge >= 0.3 is 6.18 Å². The SMILES string of the molecule is O=C(c1ccc(-c2cnc(C(F)(F)F)nc2)cc1)N1CCCCC1. The fourth-order valence-corrected chi connectivity index (χ4v) is 2.71. The highest BCUT2D eigenvalue weighted by Crippen LogP contribution is 2.27. The normalized spacial score (nSPS) is 15.4. The Morgan fingerprint density at radius 1 is 0.917 bits per heavy atom. The summed E-state index contributed by atoms with van der Waals surface area (Å²) in [5.41, 5.74) is 1.72. The molecule has 0 atom stereocenters. The summed E-state index contributed by atoms with van der Waals surface area (Å²) in [6, 6.07) is 6.76. The highest BCUT2D eigenvalue weighted by Gasteiger charge is 2.34. The third kappa shape index (κ3) is 3.55. The van der Waals surface area contributed by atoms with Gasteiger partial charge in [0.2, 0.25) is 5.82 Å². The number of carbonyl (C=O) groups excluding carboxylic acids is 1. The second-order valence-electron chi connectivity index (χ2n) is 5.72. The third-order valence-electron chi connectivity index (χ3n) is 4.01. The molecule has 1 aliphatic rings. The van der Waals surface area contributed by atoms with Crippen molar-refractivity contribution >= 4 is 5.91 Å². The van der Waals surface area contributed by atoms with Crippen LogP contribution in [0.15, 0.2) is 36.7 Å². The number of hydrogen-bond acceptors (Lipinski definition) is 3. The molecule has 0 unspecified atom stereocenters. The number of amides is 1.